The van der Waals surface area contributed by atoms with Crippen molar-refractivity contribution >= 4 is 17.5 Å². The molecule has 23 heavy (non-hydrogen) atoms. The highest BCUT2D eigenvalue weighted by atomic mass is 16.2. The molecule has 4 heteroatoms. The van der Waals surface area contributed by atoms with E-state index in [1.807, 2.05) is 31.2 Å². The van der Waals surface area contributed by atoms with E-state index in [4.69, 9.17) is 0 Å². The Kier molecular flexibility index (Phi) is 2.59. The molecule has 3 fully saturated rings. The molecule has 2 bridgehead atoms. The molecule has 1 heterocycles. The van der Waals surface area contributed by atoms with E-state index in [1.54, 1.807) is 0 Å². The fourth-order valence-electron chi connectivity index (χ4n) is 5.02. The third-order valence-corrected chi connectivity index (χ3v) is 6.25. The van der Waals surface area contributed by atoms with Crippen LogP contribution in [0.1, 0.15) is 12.0 Å². The molecule has 0 unspecified atom stereocenters. The van der Waals surface area contributed by atoms with Crippen molar-refractivity contribution < 1.29 is 9.59 Å². The number of carbonyl (C=O) groups is 2. The quantitative estimate of drug-likeness (QED) is 0.689. The maximum atomic E-state index is 12.8. The Morgan fingerprint density at radius 3 is 2.13 bits per heavy atom. The molecule has 1 aliphatic heterocycles. The van der Waals surface area contributed by atoms with Crippen LogP contribution in [0.25, 0.3) is 0 Å². The normalized spacial score (nSPS) is 39.4. The monoisotopic (exact) mass is 308 g/mol. The summed E-state index contributed by atoms with van der Waals surface area (Å²) in [5, 5.41) is 3.22. The molecular formula is C19H20N2O2. The van der Waals surface area contributed by atoms with Gasteiger partial charge in [-0.2, -0.15) is 0 Å². The molecule has 1 aromatic rings. The third kappa shape index (κ3) is 1.78. The van der Waals surface area contributed by atoms with Crippen LogP contribution in [-0.2, 0) is 9.59 Å². The summed E-state index contributed by atoms with van der Waals surface area (Å²) in [6.07, 6.45) is 5.63. The average molecular weight is 308 g/mol. The number of nitrogens with zero attached hydrogens (tertiary/aromatic N) is 1. The second-order valence-corrected chi connectivity index (χ2v) is 7.46. The largest absolute Gasteiger partial charge is 0.367 e. The molecule has 1 saturated heterocycles. The standard InChI is InChI=1S/C19H20N2O2/c1-10-2-4-11(5-3-10)20-9-21-18(22)16-12-6-7-13(15-8-14(12)15)17(16)19(21)23/h2-7,12-17,20H,8-9H2,1H3/t12-,13-,14-,15-,16+,17+/m0/s1. The average Bonchev–Trinajstić information content (AvgIpc) is 3.33. The lowest BCUT2D eigenvalue weighted by Crippen LogP contribution is -2.40. The first-order valence-electron chi connectivity index (χ1n) is 8.49. The van der Waals surface area contributed by atoms with Gasteiger partial charge in [-0.15, -0.1) is 0 Å². The van der Waals surface area contributed by atoms with Gasteiger partial charge in [0, 0.05) is 5.69 Å². The molecule has 5 aliphatic rings. The van der Waals surface area contributed by atoms with Crippen molar-refractivity contribution in [3.05, 3.63) is 42.0 Å². The highest BCUT2D eigenvalue weighted by Crippen LogP contribution is 2.65. The highest BCUT2D eigenvalue weighted by Gasteiger charge is 2.66. The lowest BCUT2D eigenvalue weighted by atomic mass is 9.63. The summed E-state index contributed by atoms with van der Waals surface area (Å²) in [7, 11) is 0. The van der Waals surface area contributed by atoms with Crippen molar-refractivity contribution in [2.75, 3.05) is 12.0 Å². The van der Waals surface area contributed by atoms with Gasteiger partial charge in [0.15, 0.2) is 0 Å². The summed E-state index contributed by atoms with van der Waals surface area (Å²) in [4.78, 5) is 27.1. The van der Waals surface area contributed by atoms with E-state index < -0.39 is 0 Å². The first-order valence-corrected chi connectivity index (χ1v) is 8.49. The molecule has 2 saturated carbocycles. The van der Waals surface area contributed by atoms with Crippen molar-refractivity contribution in [3.8, 4) is 0 Å². The van der Waals surface area contributed by atoms with Crippen molar-refractivity contribution in [2.24, 2.45) is 35.5 Å². The van der Waals surface area contributed by atoms with E-state index in [9.17, 15) is 9.59 Å². The molecule has 4 nitrogen and oxygen atoms in total. The lowest BCUT2D eigenvalue weighted by molar-refractivity contribution is -0.139. The van der Waals surface area contributed by atoms with Gasteiger partial charge < -0.3 is 5.32 Å². The fraction of sp³-hybridized carbons (Fsp3) is 0.474. The van der Waals surface area contributed by atoms with E-state index in [0.29, 0.717) is 23.7 Å². The molecule has 0 spiro atoms. The van der Waals surface area contributed by atoms with Crippen molar-refractivity contribution in [3.63, 3.8) is 0 Å². The van der Waals surface area contributed by atoms with Gasteiger partial charge in [0.1, 0.15) is 0 Å². The van der Waals surface area contributed by atoms with Crippen LogP contribution in [0.3, 0.4) is 0 Å². The predicted molar refractivity (Wildman–Crippen MR) is 86.2 cm³/mol. The molecular weight excluding hydrogens is 288 g/mol. The second kappa shape index (κ2) is 4.47. The van der Waals surface area contributed by atoms with Crippen LogP contribution in [0.2, 0.25) is 0 Å². The first-order chi connectivity index (χ1) is 11.1. The van der Waals surface area contributed by atoms with Gasteiger partial charge in [0.25, 0.3) is 0 Å². The minimum atomic E-state index is -0.0962. The molecule has 118 valence electrons. The van der Waals surface area contributed by atoms with Gasteiger partial charge in [-0.25, -0.2) is 0 Å². The zero-order valence-corrected chi connectivity index (χ0v) is 13.1. The van der Waals surface area contributed by atoms with Crippen LogP contribution in [0, 0.1) is 42.4 Å². The van der Waals surface area contributed by atoms with E-state index in [1.165, 1.54) is 16.9 Å². The van der Waals surface area contributed by atoms with E-state index >= 15 is 0 Å². The summed E-state index contributed by atoms with van der Waals surface area (Å²) in [5.74, 6) is 1.79. The van der Waals surface area contributed by atoms with Gasteiger partial charge in [0.2, 0.25) is 11.8 Å². The summed E-state index contributed by atoms with van der Waals surface area (Å²) in [6.45, 7) is 2.32. The van der Waals surface area contributed by atoms with Crippen molar-refractivity contribution in [1.82, 2.24) is 4.90 Å². The van der Waals surface area contributed by atoms with Crippen LogP contribution >= 0.6 is 0 Å². The van der Waals surface area contributed by atoms with Crippen LogP contribution in [-0.4, -0.2) is 23.4 Å². The van der Waals surface area contributed by atoms with Gasteiger partial charge >= 0.3 is 0 Å². The molecule has 6 rings (SSSR count). The number of aryl methyl sites for hydroxylation is 1. The second-order valence-electron chi connectivity index (χ2n) is 7.46. The topological polar surface area (TPSA) is 49.4 Å². The number of amides is 2. The number of likely N-dealkylation sites (tertiary alicyclic amines) is 1. The zero-order chi connectivity index (χ0) is 15.7. The Morgan fingerprint density at radius 1 is 1.00 bits per heavy atom. The summed E-state index contributed by atoms with van der Waals surface area (Å²) < 4.78 is 0. The number of hydrogen-bond donors (Lipinski definition) is 1. The van der Waals surface area contributed by atoms with E-state index in [0.717, 1.165) is 5.69 Å². The Bertz CT molecular complexity index is 687. The summed E-state index contributed by atoms with van der Waals surface area (Å²) in [5.41, 5.74) is 2.13. The minimum absolute atomic E-state index is 0.0318. The number of rotatable bonds is 3. The first kappa shape index (κ1) is 13.3. The lowest BCUT2D eigenvalue weighted by Gasteiger charge is -2.37. The summed E-state index contributed by atoms with van der Waals surface area (Å²) >= 11 is 0. The van der Waals surface area contributed by atoms with Gasteiger partial charge in [-0.1, -0.05) is 29.8 Å². The van der Waals surface area contributed by atoms with E-state index in [-0.39, 0.29) is 30.3 Å². The van der Waals surface area contributed by atoms with Crippen molar-refractivity contribution in [1.29, 1.82) is 0 Å². The van der Waals surface area contributed by atoms with Crippen LogP contribution in [0.4, 0.5) is 5.69 Å². The fourth-order valence-corrected chi connectivity index (χ4v) is 5.02. The Labute approximate surface area is 135 Å². The third-order valence-electron chi connectivity index (χ3n) is 6.25. The molecule has 4 aliphatic carbocycles. The van der Waals surface area contributed by atoms with E-state index in [2.05, 4.69) is 17.5 Å². The number of anilines is 1. The molecule has 0 aromatic heterocycles. The predicted octanol–water partition coefficient (Wildman–Crippen LogP) is 2.42. The number of hydrogen-bond acceptors (Lipinski definition) is 3. The summed E-state index contributed by atoms with van der Waals surface area (Å²) in [6, 6.07) is 8.00. The molecule has 6 atom stereocenters. The molecule has 1 N–H and O–H groups in total. The molecule has 1 aromatic carbocycles. The SMILES string of the molecule is Cc1ccc(NCN2C(=O)[C@@H]3[C@H]4C=C[C@@H]([C@@H]5C[C@@H]45)[C@H]3C2=O)cc1. The van der Waals surface area contributed by atoms with Crippen LogP contribution in [0.15, 0.2) is 36.4 Å². The van der Waals surface area contributed by atoms with Gasteiger partial charge in [0.05, 0.1) is 18.5 Å². The maximum Gasteiger partial charge on any atom is 0.235 e. The minimum Gasteiger partial charge on any atom is -0.367 e. The Morgan fingerprint density at radius 2 is 1.57 bits per heavy atom. The smallest absolute Gasteiger partial charge is 0.235 e. The number of nitrogens with one attached hydrogen (secondary N) is 1. The van der Waals surface area contributed by atoms with Crippen LogP contribution < -0.4 is 5.32 Å². The molecule has 0 radical (unpaired) electrons. The zero-order valence-electron chi connectivity index (χ0n) is 13.1. The number of allylic oxidation sites excluding steroid dienone is 2. The number of benzene rings is 1. The van der Waals surface area contributed by atoms with Crippen molar-refractivity contribution in [2.45, 2.75) is 13.3 Å². The maximum absolute atomic E-state index is 12.8. The number of carbonyl (C=O) groups excluding carboxylic acids is 2. The number of imide groups is 1. The Balaban J connectivity index is 1.36. The Hall–Kier alpha value is -2.10. The van der Waals surface area contributed by atoms with Gasteiger partial charge in [-0.3, -0.25) is 14.5 Å². The molecule has 2 amide bonds. The van der Waals surface area contributed by atoms with Crippen LogP contribution in [0.5, 0.6) is 0 Å². The van der Waals surface area contributed by atoms with Gasteiger partial charge in [-0.05, 0) is 49.1 Å². The highest BCUT2D eigenvalue weighted by molar-refractivity contribution is 6.06.